The molecule has 0 unspecified atom stereocenters. The van der Waals surface area contributed by atoms with Crippen molar-refractivity contribution in [1.29, 1.82) is 0 Å². The van der Waals surface area contributed by atoms with Crippen LogP contribution in [0.25, 0.3) is 0 Å². The second-order valence-electron chi connectivity index (χ2n) is 7.35. The first-order valence-electron chi connectivity index (χ1n) is 9.05. The van der Waals surface area contributed by atoms with Crippen molar-refractivity contribution < 1.29 is 9.53 Å². The van der Waals surface area contributed by atoms with Crippen LogP contribution in [-0.2, 0) is 11.2 Å². The van der Waals surface area contributed by atoms with Crippen LogP contribution < -0.4 is 10.1 Å². The van der Waals surface area contributed by atoms with E-state index in [2.05, 4.69) is 38.2 Å². The maximum atomic E-state index is 12.1. The molecule has 1 fully saturated rings. The third-order valence-electron chi connectivity index (χ3n) is 4.50. The molecule has 23 heavy (non-hydrogen) atoms. The van der Waals surface area contributed by atoms with Gasteiger partial charge in [0.15, 0.2) is 0 Å². The number of aryl methyl sites for hydroxylation is 1. The Morgan fingerprint density at radius 1 is 1.30 bits per heavy atom. The molecule has 2 rings (SSSR count). The molecule has 0 radical (unpaired) electrons. The Balaban J connectivity index is 1.82. The zero-order valence-corrected chi connectivity index (χ0v) is 14.9. The van der Waals surface area contributed by atoms with Crippen molar-refractivity contribution in [2.75, 3.05) is 0 Å². The number of ether oxygens (including phenoxy) is 1. The number of carbonyl (C=O) groups excluding carboxylic acids is 1. The average molecular weight is 317 g/mol. The molecule has 1 aromatic carbocycles. The highest BCUT2D eigenvalue weighted by Gasteiger charge is 2.19. The quantitative estimate of drug-likeness (QED) is 0.759. The Morgan fingerprint density at radius 3 is 2.74 bits per heavy atom. The average Bonchev–Trinajstić information content (AvgIpc) is 2.98. The Labute approximate surface area is 140 Å². The van der Waals surface area contributed by atoms with E-state index in [0.29, 0.717) is 12.5 Å². The van der Waals surface area contributed by atoms with E-state index in [-0.39, 0.29) is 11.4 Å². The van der Waals surface area contributed by atoms with Gasteiger partial charge in [0.25, 0.3) is 0 Å². The summed E-state index contributed by atoms with van der Waals surface area (Å²) in [6, 6.07) is 8.21. The second-order valence-corrected chi connectivity index (χ2v) is 7.35. The minimum absolute atomic E-state index is 0.112. The third-order valence-corrected chi connectivity index (χ3v) is 4.50. The van der Waals surface area contributed by atoms with Crippen molar-refractivity contribution >= 4 is 5.91 Å². The Bertz CT molecular complexity index is 504. The molecule has 0 saturated heterocycles. The van der Waals surface area contributed by atoms with Gasteiger partial charge in [-0.05, 0) is 70.1 Å². The molecule has 0 atom stereocenters. The van der Waals surface area contributed by atoms with Crippen molar-refractivity contribution in [2.45, 2.75) is 83.8 Å². The van der Waals surface area contributed by atoms with Crippen molar-refractivity contribution in [3.05, 3.63) is 29.8 Å². The van der Waals surface area contributed by atoms with E-state index in [9.17, 15) is 4.79 Å². The standard InChI is InChI=1S/C20H31NO2/c1-4-14-20(2,3)21-19(22)13-12-16-8-7-11-18(15-16)23-17-9-5-6-10-17/h7-8,11,15,17H,4-6,9-10,12-14H2,1-3H3,(H,21,22). The van der Waals surface area contributed by atoms with E-state index in [1.54, 1.807) is 0 Å². The lowest BCUT2D eigenvalue weighted by molar-refractivity contribution is -0.122. The van der Waals surface area contributed by atoms with Gasteiger partial charge in [0, 0.05) is 12.0 Å². The monoisotopic (exact) mass is 317 g/mol. The fourth-order valence-corrected chi connectivity index (χ4v) is 3.36. The number of carbonyl (C=O) groups is 1. The fraction of sp³-hybridized carbons (Fsp3) is 0.650. The summed E-state index contributed by atoms with van der Waals surface area (Å²) < 4.78 is 6.03. The molecule has 1 aliphatic rings. The Hall–Kier alpha value is -1.51. The van der Waals surface area contributed by atoms with Crippen molar-refractivity contribution in [3.63, 3.8) is 0 Å². The highest BCUT2D eigenvalue weighted by molar-refractivity contribution is 5.77. The number of benzene rings is 1. The Morgan fingerprint density at radius 2 is 2.04 bits per heavy atom. The van der Waals surface area contributed by atoms with E-state index >= 15 is 0 Å². The maximum Gasteiger partial charge on any atom is 0.220 e. The van der Waals surface area contributed by atoms with Crippen molar-refractivity contribution in [1.82, 2.24) is 5.32 Å². The summed E-state index contributed by atoms with van der Waals surface area (Å²) >= 11 is 0. The van der Waals surface area contributed by atoms with Gasteiger partial charge < -0.3 is 10.1 Å². The first-order valence-corrected chi connectivity index (χ1v) is 9.05. The highest BCUT2D eigenvalue weighted by Crippen LogP contribution is 2.24. The molecule has 3 nitrogen and oxygen atoms in total. The topological polar surface area (TPSA) is 38.3 Å². The van der Waals surface area contributed by atoms with Gasteiger partial charge in [-0.25, -0.2) is 0 Å². The van der Waals surface area contributed by atoms with Crippen LogP contribution in [0.15, 0.2) is 24.3 Å². The summed E-state index contributed by atoms with van der Waals surface area (Å²) in [6.07, 6.45) is 8.63. The van der Waals surface area contributed by atoms with Gasteiger partial charge in [-0.1, -0.05) is 25.5 Å². The van der Waals surface area contributed by atoms with Crippen molar-refractivity contribution in [3.8, 4) is 5.75 Å². The molecule has 128 valence electrons. The maximum absolute atomic E-state index is 12.1. The molecule has 3 heteroatoms. The number of hydrogen-bond donors (Lipinski definition) is 1. The summed E-state index contributed by atoms with van der Waals surface area (Å²) in [5.41, 5.74) is 1.06. The third kappa shape index (κ3) is 6.25. The van der Waals surface area contributed by atoms with E-state index in [4.69, 9.17) is 4.74 Å². The summed E-state index contributed by atoms with van der Waals surface area (Å²) in [5, 5.41) is 3.13. The zero-order valence-electron chi connectivity index (χ0n) is 14.9. The molecule has 1 N–H and O–H groups in total. The van der Waals surface area contributed by atoms with Gasteiger partial charge in [-0.15, -0.1) is 0 Å². The van der Waals surface area contributed by atoms with E-state index in [1.165, 1.54) is 31.2 Å². The molecular weight excluding hydrogens is 286 g/mol. The largest absolute Gasteiger partial charge is 0.490 e. The van der Waals surface area contributed by atoms with Gasteiger partial charge in [-0.2, -0.15) is 0 Å². The van der Waals surface area contributed by atoms with Gasteiger partial charge in [-0.3, -0.25) is 4.79 Å². The number of hydrogen-bond acceptors (Lipinski definition) is 2. The van der Waals surface area contributed by atoms with Crippen molar-refractivity contribution in [2.24, 2.45) is 0 Å². The summed E-state index contributed by atoms with van der Waals surface area (Å²) in [6.45, 7) is 6.32. The molecule has 0 aliphatic heterocycles. The second kappa shape index (κ2) is 8.37. The lowest BCUT2D eigenvalue weighted by atomic mass is 9.98. The van der Waals surface area contributed by atoms with Crippen LogP contribution in [0.5, 0.6) is 5.75 Å². The minimum Gasteiger partial charge on any atom is -0.490 e. The molecule has 0 bridgehead atoms. The normalized spacial score (nSPS) is 15.6. The molecule has 1 saturated carbocycles. The smallest absolute Gasteiger partial charge is 0.220 e. The van der Waals surface area contributed by atoms with Gasteiger partial charge in [0.2, 0.25) is 5.91 Å². The lowest BCUT2D eigenvalue weighted by Gasteiger charge is -2.25. The van der Waals surface area contributed by atoms with Crippen LogP contribution in [0, 0.1) is 0 Å². The molecule has 0 spiro atoms. The number of nitrogens with one attached hydrogen (secondary N) is 1. The molecular formula is C20H31NO2. The predicted molar refractivity (Wildman–Crippen MR) is 94.8 cm³/mol. The molecule has 1 aromatic rings. The van der Waals surface area contributed by atoms with Gasteiger partial charge >= 0.3 is 0 Å². The van der Waals surface area contributed by atoms with E-state index in [0.717, 1.165) is 25.0 Å². The predicted octanol–water partition coefficient (Wildman–Crippen LogP) is 4.64. The highest BCUT2D eigenvalue weighted by atomic mass is 16.5. The summed E-state index contributed by atoms with van der Waals surface area (Å²) in [7, 11) is 0. The van der Waals surface area contributed by atoms with E-state index < -0.39 is 0 Å². The minimum atomic E-state index is -0.112. The summed E-state index contributed by atoms with van der Waals surface area (Å²) in [5.74, 6) is 1.08. The first-order chi connectivity index (χ1) is 11.0. The SMILES string of the molecule is CCCC(C)(C)NC(=O)CCc1cccc(OC2CCCC2)c1. The lowest BCUT2D eigenvalue weighted by Crippen LogP contribution is -2.43. The number of amides is 1. The van der Waals surface area contributed by atoms with Crippen LogP contribution in [0.3, 0.4) is 0 Å². The van der Waals surface area contributed by atoms with Crippen LogP contribution in [0.2, 0.25) is 0 Å². The Kier molecular flexibility index (Phi) is 6.49. The number of rotatable bonds is 8. The first kappa shape index (κ1) is 17.8. The van der Waals surface area contributed by atoms with Crippen LogP contribution in [0.1, 0.15) is 71.3 Å². The molecule has 1 aliphatic carbocycles. The van der Waals surface area contributed by atoms with Crippen LogP contribution >= 0.6 is 0 Å². The zero-order chi connectivity index (χ0) is 16.7. The van der Waals surface area contributed by atoms with Gasteiger partial charge in [0.05, 0.1) is 6.10 Å². The van der Waals surface area contributed by atoms with Gasteiger partial charge in [0.1, 0.15) is 5.75 Å². The molecule has 0 heterocycles. The molecule has 0 aromatic heterocycles. The summed E-state index contributed by atoms with van der Waals surface area (Å²) in [4.78, 5) is 12.1. The molecule has 1 amide bonds. The van der Waals surface area contributed by atoms with Crippen LogP contribution in [0.4, 0.5) is 0 Å². The van der Waals surface area contributed by atoms with Crippen LogP contribution in [-0.4, -0.2) is 17.6 Å². The van der Waals surface area contributed by atoms with E-state index in [1.807, 2.05) is 12.1 Å². The fourth-order valence-electron chi connectivity index (χ4n) is 3.36.